The largest absolute Gasteiger partial charge is 0.478 e. The molecule has 24 heavy (non-hydrogen) atoms. The highest BCUT2D eigenvalue weighted by atomic mass is 79.9. The van der Waals surface area contributed by atoms with Crippen molar-refractivity contribution in [1.29, 1.82) is 0 Å². The number of nitrogens with one attached hydrogen (secondary N) is 1. The van der Waals surface area contributed by atoms with Crippen LogP contribution in [0.1, 0.15) is 39.9 Å². The molecule has 122 valence electrons. The van der Waals surface area contributed by atoms with Crippen molar-refractivity contribution in [1.82, 2.24) is 0 Å². The lowest BCUT2D eigenvalue weighted by atomic mass is 9.76. The summed E-state index contributed by atoms with van der Waals surface area (Å²) in [6.45, 7) is 0. The molecule has 2 N–H and O–H groups in total. The van der Waals surface area contributed by atoms with E-state index in [1.165, 1.54) is 0 Å². The first-order chi connectivity index (χ1) is 11.5. The van der Waals surface area contributed by atoms with Gasteiger partial charge in [-0.05, 0) is 47.7 Å². The molecule has 2 aliphatic rings. The summed E-state index contributed by atoms with van der Waals surface area (Å²) in [6, 6.07) is 11.5. The third-order valence-electron chi connectivity index (χ3n) is 4.87. The fourth-order valence-electron chi connectivity index (χ4n) is 3.86. The maximum absolute atomic E-state index is 11.7. The average molecular weight is 405 g/mol. The summed E-state index contributed by atoms with van der Waals surface area (Å²) in [6.07, 6.45) is 5.34. The molecule has 0 saturated heterocycles. The van der Waals surface area contributed by atoms with Crippen molar-refractivity contribution in [3.63, 3.8) is 0 Å². The van der Waals surface area contributed by atoms with Gasteiger partial charge in [-0.2, -0.15) is 0 Å². The van der Waals surface area contributed by atoms with Crippen LogP contribution in [-0.4, -0.2) is 11.1 Å². The maximum Gasteiger partial charge on any atom is 0.337 e. The zero-order valence-corrected chi connectivity index (χ0v) is 15.0. The lowest BCUT2D eigenvalue weighted by Crippen LogP contribution is -2.30. The van der Waals surface area contributed by atoms with Crippen LogP contribution in [0.15, 0.2) is 53.0 Å². The molecule has 2 aromatic carbocycles. The van der Waals surface area contributed by atoms with Gasteiger partial charge in [0.05, 0.1) is 17.3 Å². The Morgan fingerprint density at radius 1 is 1.29 bits per heavy atom. The standard InChI is InChI=1S/C19H15BrClNO2/c20-11-8-15-13-5-2-6-14(13)17(10-3-1-4-12(21)7-10)22-18(15)16(9-11)19(23)24/h1-5,7-9,13-14,17,22H,6H2,(H,23,24)/t13-,14+,17+/m1/s1. The number of halogens is 2. The van der Waals surface area contributed by atoms with Crippen molar-refractivity contribution in [2.45, 2.75) is 18.4 Å². The van der Waals surface area contributed by atoms with Gasteiger partial charge in [-0.15, -0.1) is 0 Å². The number of aromatic carboxylic acids is 1. The van der Waals surface area contributed by atoms with Crippen molar-refractivity contribution >= 4 is 39.2 Å². The fraction of sp³-hybridized carbons (Fsp3) is 0.211. The van der Waals surface area contributed by atoms with Crippen LogP contribution in [0.4, 0.5) is 5.69 Å². The smallest absolute Gasteiger partial charge is 0.337 e. The van der Waals surface area contributed by atoms with Crippen molar-refractivity contribution < 1.29 is 9.90 Å². The molecule has 3 nitrogen and oxygen atoms in total. The van der Waals surface area contributed by atoms with Crippen LogP contribution in [0.5, 0.6) is 0 Å². The quantitative estimate of drug-likeness (QED) is 0.638. The van der Waals surface area contributed by atoms with Gasteiger partial charge in [-0.1, -0.05) is 51.8 Å². The number of anilines is 1. The van der Waals surface area contributed by atoms with Crippen molar-refractivity contribution in [2.24, 2.45) is 5.92 Å². The Labute approximate surface area is 153 Å². The normalized spacial score (nSPS) is 24.2. The zero-order chi connectivity index (χ0) is 16.8. The first-order valence-electron chi connectivity index (χ1n) is 7.80. The van der Waals surface area contributed by atoms with E-state index < -0.39 is 5.97 Å². The summed E-state index contributed by atoms with van der Waals surface area (Å²) >= 11 is 9.61. The summed E-state index contributed by atoms with van der Waals surface area (Å²) in [5.74, 6) is -0.363. The molecule has 4 rings (SSSR count). The first kappa shape index (κ1) is 15.7. The van der Waals surface area contributed by atoms with Gasteiger partial charge in [0.1, 0.15) is 0 Å². The topological polar surface area (TPSA) is 49.3 Å². The molecular weight excluding hydrogens is 390 g/mol. The molecule has 0 bridgehead atoms. The van der Waals surface area contributed by atoms with Crippen molar-refractivity contribution in [3.8, 4) is 0 Å². The minimum Gasteiger partial charge on any atom is -0.478 e. The van der Waals surface area contributed by atoms with E-state index in [-0.39, 0.29) is 12.0 Å². The Morgan fingerprint density at radius 2 is 2.12 bits per heavy atom. The highest BCUT2D eigenvalue weighted by Crippen LogP contribution is 2.51. The van der Waals surface area contributed by atoms with Gasteiger partial charge in [-0.3, -0.25) is 0 Å². The van der Waals surface area contributed by atoms with Gasteiger partial charge in [0.15, 0.2) is 0 Å². The van der Waals surface area contributed by atoms with Gasteiger partial charge in [-0.25, -0.2) is 4.79 Å². The average Bonchev–Trinajstić information content (AvgIpc) is 3.03. The van der Waals surface area contributed by atoms with Gasteiger partial charge in [0.25, 0.3) is 0 Å². The van der Waals surface area contributed by atoms with Crippen LogP contribution < -0.4 is 5.32 Å². The molecule has 0 fully saturated rings. The van der Waals surface area contributed by atoms with Gasteiger partial charge < -0.3 is 10.4 Å². The molecule has 0 saturated carbocycles. The molecule has 0 amide bonds. The second-order valence-corrected chi connectivity index (χ2v) is 7.61. The molecule has 1 heterocycles. The van der Waals surface area contributed by atoms with Crippen LogP contribution in [-0.2, 0) is 0 Å². The monoisotopic (exact) mass is 403 g/mol. The van der Waals surface area contributed by atoms with Crippen LogP contribution in [0.25, 0.3) is 0 Å². The van der Waals surface area contributed by atoms with E-state index in [4.69, 9.17) is 11.6 Å². The van der Waals surface area contributed by atoms with Crippen molar-refractivity contribution in [3.05, 3.63) is 74.7 Å². The molecule has 0 radical (unpaired) electrons. The van der Waals surface area contributed by atoms with E-state index in [1.807, 2.05) is 30.3 Å². The number of benzene rings is 2. The summed E-state index contributed by atoms with van der Waals surface area (Å²) < 4.78 is 0.792. The summed E-state index contributed by atoms with van der Waals surface area (Å²) in [5.41, 5.74) is 3.14. The van der Waals surface area contributed by atoms with E-state index in [9.17, 15) is 9.90 Å². The second kappa shape index (κ2) is 5.94. The lowest BCUT2D eigenvalue weighted by Gasteiger charge is -2.38. The Kier molecular flexibility index (Phi) is 3.89. The number of fused-ring (bicyclic) bond motifs is 3. The SMILES string of the molecule is O=C(O)c1cc(Br)cc2c1N[C@@H](c1cccc(Cl)c1)[C@H]1CC=C[C@@H]21. The number of hydrogen-bond donors (Lipinski definition) is 2. The second-order valence-electron chi connectivity index (χ2n) is 6.25. The molecule has 2 aromatic rings. The summed E-state index contributed by atoms with van der Waals surface area (Å²) in [5, 5.41) is 13.8. The number of carbonyl (C=O) groups is 1. The van der Waals surface area contributed by atoms with E-state index >= 15 is 0 Å². The van der Waals surface area contributed by atoms with Crippen LogP contribution in [0.3, 0.4) is 0 Å². The zero-order valence-electron chi connectivity index (χ0n) is 12.7. The third-order valence-corrected chi connectivity index (χ3v) is 5.56. The molecule has 0 aromatic heterocycles. The number of carboxylic acids is 1. The molecule has 0 unspecified atom stereocenters. The number of allylic oxidation sites excluding steroid dienone is 2. The molecule has 3 atom stereocenters. The third kappa shape index (κ3) is 2.54. The molecule has 0 spiro atoms. The predicted molar refractivity (Wildman–Crippen MR) is 98.9 cm³/mol. The van der Waals surface area contributed by atoms with E-state index in [1.54, 1.807) is 6.07 Å². The molecule has 1 aliphatic heterocycles. The maximum atomic E-state index is 11.7. The lowest BCUT2D eigenvalue weighted by molar-refractivity contribution is 0.0697. The number of carboxylic acid groups (broad SMARTS) is 1. The number of rotatable bonds is 2. The Hall–Kier alpha value is -1.78. The van der Waals surface area contributed by atoms with Crippen LogP contribution in [0, 0.1) is 5.92 Å². The highest BCUT2D eigenvalue weighted by Gasteiger charge is 2.39. The van der Waals surface area contributed by atoms with E-state index in [0.29, 0.717) is 22.2 Å². The van der Waals surface area contributed by atoms with Gasteiger partial charge in [0, 0.05) is 15.4 Å². The molecule has 1 aliphatic carbocycles. The van der Waals surface area contributed by atoms with Crippen LogP contribution in [0.2, 0.25) is 5.02 Å². The minimum absolute atomic E-state index is 0.0375. The van der Waals surface area contributed by atoms with Gasteiger partial charge >= 0.3 is 5.97 Å². The van der Waals surface area contributed by atoms with E-state index in [2.05, 4.69) is 33.4 Å². The number of hydrogen-bond acceptors (Lipinski definition) is 2. The highest BCUT2D eigenvalue weighted by molar-refractivity contribution is 9.10. The Balaban J connectivity index is 1.87. The van der Waals surface area contributed by atoms with E-state index in [0.717, 1.165) is 22.0 Å². The Morgan fingerprint density at radius 3 is 2.88 bits per heavy atom. The fourth-order valence-corrected chi connectivity index (χ4v) is 4.54. The predicted octanol–water partition coefficient (Wildman–Crippen LogP) is 5.63. The van der Waals surface area contributed by atoms with Gasteiger partial charge in [0.2, 0.25) is 0 Å². The Bertz CT molecular complexity index is 864. The molecule has 5 heteroatoms. The summed E-state index contributed by atoms with van der Waals surface area (Å²) in [4.78, 5) is 11.7. The summed E-state index contributed by atoms with van der Waals surface area (Å²) in [7, 11) is 0. The first-order valence-corrected chi connectivity index (χ1v) is 8.97. The minimum atomic E-state index is -0.926. The molecular formula is C19H15BrClNO2. The van der Waals surface area contributed by atoms with Crippen LogP contribution >= 0.6 is 27.5 Å². The van der Waals surface area contributed by atoms with Crippen molar-refractivity contribution in [2.75, 3.05) is 5.32 Å².